The molecule has 0 amide bonds. The Morgan fingerprint density at radius 3 is 2.18 bits per heavy atom. The van der Waals surface area contributed by atoms with Gasteiger partial charge in [-0.25, -0.2) is 0 Å². The van der Waals surface area contributed by atoms with Gasteiger partial charge in [-0.05, 0) is 42.9 Å². The van der Waals surface area contributed by atoms with E-state index in [0.717, 1.165) is 23.7 Å². The van der Waals surface area contributed by atoms with Gasteiger partial charge in [-0.15, -0.1) is 0 Å². The smallest absolute Gasteiger partial charge is 0.0199 e. The predicted molar refractivity (Wildman–Crippen MR) is 73.9 cm³/mol. The maximum atomic E-state index is 2.51. The van der Waals surface area contributed by atoms with E-state index in [1.54, 1.807) is 0 Å². The number of hydrogen-bond donors (Lipinski definition) is 0. The number of hydrogen-bond acceptors (Lipinski definition) is 0. The molecule has 3 rings (SSSR count). The highest BCUT2D eigenvalue weighted by Gasteiger charge is 2.34. The van der Waals surface area contributed by atoms with Gasteiger partial charge in [0.25, 0.3) is 0 Å². The molecule has 3 aliphatic rings. The molecule has 0 nitrogen and oxygen atoms in total. The number of unbranched alkanes of at least 4 members (excludes halogenated alkanes) is 4. The fourth-order valence-electron chi connectivity index (χ4n) is 4.00. The van der Waals surface area contributed by atoms with E-state index in [0.29, 0.717) is 0 Å². The molecular weight excluding hydrogens is 204 g/mol. The van der Waals surface area contributed by atoms with Crippen LogP contribution in [0.2, 0.25) is 0 Å². The Morgan fingerprint density at radius 1 is 0.765 bits per heavy atom. The van der Waals surface area contributed by atoms with Crippen LogP contribution in [0.25, 0.3) is 0 Å². The van der Waals surface area contributed by atoms with Crippen molar-refractivity contribution in [2.24, 2.45) is 23.7 Å². The maximum Gasteiger partial charge on any atom is -0.0199 e. The summed E-state index contributed by atoms with van der Waals surface area (Å²) in [7, 11) is 0. The summed E-state index contributed by atoms with van der Waals surface area (Å²) in [6.07, 6.45) is 21.7. The van der Waals surface area contributed by atoms with Crippen molar-refractivity contribution in [3.8, 4) is 0 Å². The van der Waals surface area contributed by atoms with Gasteiger partial charge in [0.15, 0.2) is 0 Å². The van der Waals surface area contributed by atoms with Crippen LogP contribution in [0.15, 0.2) is 12.2 Å². The molecule has 2 bridgehead atoms. The standard InChI is InChI=1S/C17H28/c1(2-4-6-14-8-9-14)3-5-7-16-12-15-10-11-17(16)13-15/h10-11,14-17H,1-9,12-13H2. The summed E-state index contributed by atoms with van der Waals surface area (Å²) in [6, 6.07) is 0. The minimum Gasteiger partial charge on any atom is -0.0851 e. The van der Waals surface area contributed by atoms with Crippen LogP contribution in [0, 0.1) is 23.7 Å². The summed E-state index contributed by atoms with van der Waals surface area (Å²) < 4.78 is 0. The molecule has 0 heteroatoms. The fraction of sp³-hybridized carbons (Fsp3) is 0.882. The van der Waals surface area contributed by atoms with Crippen molar-refractivity contribution in [2.75, 3.05) is 0 Å². The topological polar surface area (TPSA) is 0 Å². The third-order valence-corrected chi connectivity index (χ3v) is 5.30. The lowest BCUT2D eigenvalue weighted by Gasteiger charge is -2.17. The second-order valence-electron chi connectivity index (χ2n) is 6.83. The van der Waals surface area contributed by atoms with E-state index in [1.165, 1.54) is 70.6 Å². The molecule has 0 saturated heterocycles. The minimum atomic E-state index is 0.976. The van der Waals surface area contributed by atoms with E-state index in [1.807, 2.05) is 0 Å². The minimum absolute atomic E-state index is 0.976. The summed E-state index contributed by atoms with van der Waals surface area (Å²) in [4.78, 5) is 0. The molecule has 0 spiro atoms. The normalized spacial score (nSPS) is 34.7. The van der Waals surface area contributed by atoms with E-state index in [2.05, 4.69) is 12.2 Å². The third kappa shape index (κ3) is 3.36. The molecule has 2 saturated carbocycles. The van der Waals surface area contributed by atoms with Crippen molar-refractivity contribution in [2.45, 2.75) is 70.6 Å². The molecule has 2 fully saturated rings. The first-order chi connectivity index (χ1) is 8.42. The predicted octanol–water partition coefficient (Wildman–Crippen LogP) is 5.34. The van der Waals surface area contributed by atoms with E-state index in [-0.39, 0.29) is 0 Å². The molecule has 17 heavy (non-hydrogen) atoms. The van der Waals surface area contributed by atoms with Gasteiger partial charge in [-0.3, -0.25) is 0 Å². The first-order valence-corrected chi connectivity index (χ1v) is 8.10. The summed E-state index contributed by atoms with van der Waals surface area (Å²) in [5.74, 6) is 4.17. The SMILES string of the molecule is C1=CC2CC1CC2CCCCCCCC1CC1. The zero-order chi connectivity index (χ0) is 11.5. The Kier molecular flexibility index (Phi) is 3.88. The average Bonchev–Trinajstić information content (AvgIpc) is 2.93. The zero-order valence-electron chi connectivity index (χ0n) is 11.2. The van der Waals surface area contributed by atoms with Crippen molar-refractivity contribution in [1.29, 1.82) is 0 Å². The largest absolute Gasteiger partial charge is 0.0851 e. The van der Waals surface area contributed by atoms with Gasteiger partial charge in [-0.2, -0.15) is 0 Å². The lowest BCUT2D eigenvalue weighted by Crippen LogP contribution is -2.06. The lowest BCUT2D eigenvalue weighted by atomic mass is 9.88. The second-order valence-corrected chi connectivity index (χ2v) is 6.83. The molecule has 3 aliphatic carbocycles. The van der Waals surface area contributed by atoms with Crippen LogP contribution < -0.4 is 0 Å². The van der Waals surface area contributed by atoms with Crippen LogP contribution >= 0.6 is 0 Å². The van der Waals surface area contributed by atoms with Gasteiger partial charge in [0.1, 0.15) is 0 Å². The van der Waals surface area contributed by atoms with Crippen molar-refractivity contribution >= 4 is 0 Å². The summed E-state index contributed by atoms with van der Waals surface area (Å²) in [5, 5.41) is 0. The third-order valence-electron chi connectivity index (χ3n) is 5.30. The highest BCUT2D eigenvalue weighted by atomic mass is 14.4. The van der Waals surface area contributed by atoms with Crippen LogP contribution in [-0.2, 0) is 0 Å². The maximum absolute atomic E-state index is 2.51. The molecular formula is C17H28. The monoisotopic (exact) mass is 232 g/mol. The molecule has 0 aromatic carbocycles. The van der Waals surface area contributed by atoms with E-state index < -0.39 is 0 Å². The van der Waals surface area contributed by atoms with Gasteiger partial charge in [-0.1, -0.05) is 63.5 Å². The Labute approximate surface area is 107 Å². The second kappa shape index (κ2) is 5.59. The Hall–Kier alpha value is -0.260. The Morgan fingerprint density at radius 2 is 1.53 bits per heavy atom. The fourth-order valence-corrected chi connectivity index (χ4v) is 4.00. The van der Waals surface area contributed by atoms with Gasteiger partial charge in [0.2, 0.25) is 0 Å². The number of fused-ring (bicyclic) bond motifs is 2. The van der Waals surface area contributed by atoms with Crippen molar-refractivity contribution in [3.05, 3.63) is 12.2 Å². The number of allylic oxidation sites excluding steroid dienone is 2. The molecule has 3 atom stereocenters. The molecule has 0 N–H and O–H groups in total. The summed E-state index contributed by atoms with van der Waals surface area (Å²) >= 11 is 0. The van der Waals surface area contributed by atoms with Crippen LogP contribution in [0.5, 0.6) is 0 Å². The Balaban J connectivity index is 1.18. The summed E-state index contributed by atoms with van der Waals surface area (Å²) in [6.45, 7) is 0. The van der Waals surface area contributed by atoms with E-state index in [9.17, 15) is 0 Å². The van der Waals surface area contributed by atoms with E-state index >= 15 is 0 Å². The molecule has 3 unspecified atom stereocenters. The average molecular weight is 232 g/mol. The van der Waals surface area contributed by atoms with Gasteiger partial charge >= 0.3 is 0 Å². The Bertz CT molecular complexity index is 261. The van der Waals surface area contributed by atoms with Gasteiger partial charge in [0, 0.05) is 0 Å². The van der Waals surface area contributed by atoms with E-state index in [4.69, 9.17) is 0 Å². The molecule has 0 aromatic rings. The first kappa shape index (κ1) is 11.8. The van der Waals surface area contributed by atoms with Crippen molar-refractivity contribution in [1.82, 2.24) is 0 Å². The lowest BCUT2D eigenvalue weighted by molar-refractivity contribution is 0.393. The van der Waals surface area contributed by atoms with Crippen LogP contribution in [0.1, 0.15) is 70.6 Å². The molecule has 0 heterocycles. The van der Waals surface area contributed by atoms with Crippen LogP contribution in [0.4, 0.5) is 0 Å². The molecule has 0 aromatic heterocycles. The molecule has 0 radical (unpaired) electrons. The van der Waals surface area contributed by atoms with Crippen molar-refractivity contribution in [3.63, 3.8) is 0 Å². The molecule has 0 aliphatic heterocycles. The van der Waals surface area contributed by atoms with Gasteiger partial charge < -0.3 is 0 Å². The van der Waals surface area contributed by atoms with Gasteiger partial charge in [0.05, 0.1) is 0 Å². The number of rotatable bonds is 8. The van der Waals surface area contributed by atoms with Crippen molar-refractivity contribution < 1.29 is 0 Å². The van der Waals surface area contributed by atoms with Crippen LogP contribution in [0.3, 0.4) is 0 Å². The quantitative estimate of drug-likeness (QED) is 0.391. The highest BCUT2D eigenvalue weighted by molar-refractivity contribution is 5.09. The van der Waals surface area contributed by atoms with Crippen LogP contribution in [-0.4, -0.2) is 0 Å². The first-order valence-electron chi connectivity index (χ1n) is 8.10. The zero-order valence-corrected chi connectivity index (χ0v) is 11.2. The molecule has 96 valence electrons. The summed E-state index contributed by atoms with van der Waals surface area (Å²) in [5.41, 5.74) is 0. The highest BCUT2D eigenvalue weighted by Crippen LogP contribution is 2.45.